The third-order valence-electron chi connectivity index (χ3n) is 3.56. The summed E-state index contributed by atoms with van der Waals surface area (Å²) >= 11 is 5.85. The number of benzene rings is 1. The lowest BCUT2D eigenvalue weighted by atomic mass is 10.1. The molecule has 0 aliphatic heterocycles. The smallest absolute Gasteiger partial charge is 0.358 e. The van der Waals surface area contributed by atoms with Crippen LogP contribution in [-0.2, 0) is 6.54 Å². The number of ether oxygens (including phenoxy) is 1. The maximum absolute atomic E-state index is 11.4. The zero-order valence-corrected chi connectivity index (χ0v) is 14.7. The molecule has 10 heteroatoms. The number of aryl methyl sites for hydroxylation is 1. The van der Waals surface area contributed by atoms with Crippen LogP contribution in [0.25, 0.3) is 11.4 Å². The molecule has 0 saturated carbocycles. The van der Waals surface area contributed by atoms with Gasteiger partial charge in [0.1, 0.15) is 6.33 Å². The molecular weight excluding hydrogens is 360 g/mol. The number of anilines is 2. The highest BCUT2D eigenvalue weighted by Gasteiger charge is 2.18. The van der Waals surface area contributed by atoms with E-state index in [2.05, 4.69) is 25.6 Å². The summed E-state index contributed by atoms with van der Waals surface area (Å²) in [5.41, 5.74) is 1.12. The highest BCUT2D eigenvalue weighted by molar-refractivity contribution is 6.29. The van der Waals surface area contributed by atoms with Gasteiger partial charge in [0.2, 0.25) is 0 Å². The topological polar surface area (TPSA) is 115 Å². The summed E-state index contributed by atoms with van der Waals surface area (Å²) in [7, 11) is 1.51. The maximum Gasteiger partial charge on any atom is 0.358 e. The van der Waals surface area contributed by atoms with Crippen LogP contribution in [0.15, 0.2) is 30.6 Å². The SMILES string of the molecule is CCn1cnc(-c2cccc(Nc3cc(Cl)nnc3C(=O)O)c2OC)n1. The van der Waals surface area contributed by atoms with Gasteiger partial charge < -0.3 is 15.2 Å². The Morgan fingerprint density at radius 1 is 1.35 bits per heavy atom. The van der Waals surface area contributed by atoms with Crippen molar-refractivity contribution in [2.24, 2.45) is 0 Å². The van der Waals surface area contributed by atoms with E-state index in [1.165, 1.54) is 13.2 Å². The second-order valence-corrected chi connectivity index (χ2v) is 5.56. The molecule has 0 aliphatic carbocycles. The summed E-state index contributed by atoms with van der Waals surface area (Å²) in [6, 6.07) is 6.71. The van der Waals surface area contributed by atoms with Gasteiger partial charge in [-0.3, -0.25) is 4.68 Å². The van der Waals surface area contributed by atoms with Gasteiger partial charge in [-0.05, 0) is 19.1 Å². The molecule has 0 unspecified atom stereocenters. The van der Waals surface area contributed by atoms with E-state index in [-0.39, 0.29) is 16.5 Å². The second kappa shape index (κ2) is 7.36. The monoisotopic (exact) mass is 374 g/mol. The van der Waals surface area contributed by atoms with Crippen LogP contribution in [-0.4, -0.2) is 43.1 Å². The number of methoxy groups -OCH3 is 1. The largest absolute Gasteiger partial charge is 0.494 e. The zero-order chi connectivity index (χ0) is 18.7. The number of nitrogens with zero attached hydrogens (tertiary/aromatic N) is 5. The molecule has 0 spiro atoms. The first kappa shape index (κ1) is 17.6. The minimum absolute atomic E-state index is 0.0657. The van der Waals surface area contributed by atoms with E-state index in [1.807, 2.05) is 13.0 Å². The molecule has 0 radical (unpaired) electrons. The Morgan fingerprint density at radius 2 is 2.15 bits per heavy atom. The molecule has 9 nitrogen and oxygen atoms in total. The number of aromatic carboxylic acids is 1. The van der Waals surface area contributed by atoms with E-state index < -0.39 is 5.97 Å². The summed E-state index contributed by atoms with van der Waals surface area (Å²) in [6.07, 6.45) is 1.63. The number of aromatic nitrogens is 5. The van der Waals surface area contributed by atoms with Crippen molar-refractivity contribution in [1.82, 2.24) is 25.0 Å². The van der Waals surface area contributed by atoms with Gasteiger partial charge in [-0.1, -0.05) is 17.7 Å². The van der Waals surface area contributed by atoms with Crippen molar-refractivity contribution in [3.8, 4) is 17.1 Å². The van der Waals surface area contributed by atoms with Crippen LogP contribution in [0.3, 0.4) is 0 Å². The summed E-state index contributed by atoms with van der Waals surface area (Å²) in [4.78, 5) is 15.6. The number of carboxylic acid groups (broad SMARTS) is 1. The predicted molar refractivity (Wildman–Crippen MR) is 95.0 cm³/mol. The molecule has 134 valence electrons. The fraction of sp³-hybridized carbons (Fsp3) is 0.188. The Kier molecular flexibility index (Phi) is 4.99. The number of hydrogen-bond donors (Lipinski definition) is 2. The van der Waals surface area contributed by atoms with Gasteiger partial charge in [0.15, 0.2) is 22.4 Å². The lowest BCUT2D eigenvalue weighted by Crippen LogP contribution is -2.08. The third-order valence-corrected chi connectivity index (χ3v) is 3.74. The van der Waals surface area contributed by atoms with Crippen LogP contribution in [0.2, 0.25) is 5.15 Å². The Hall–Kier alpha value is -3.20. The van der Waals surface area contributed by atoms with E-state index in [1.54, 1.807) is 23.1 Å². The Bertz CT molecular complexity index is 959. The molecule has 2 N–H and O–H groups in total. The van der Waals surface area contributed by atoms with Crippen LogP contribution >= 0.6 is 11.6 Å². The summed E-state index contributed by atoms with van der Waals surface area (Å²) < 4.78 is 7.21. The standard InChI is InChI=1S/C16H15ClN6O3/c1-3-23-8-18-15(22-23)9-5-4-6-10(14(9)26-2)19-11-7-12(17)20-21-13(11)16(24)25/h4-8H,3H2,1-2H3,(H,19,20)(H,24,25). The molecule has 0 aliphatic rings. The van der Waals surface area contributed by atoms with Crippen molar-refractivity contribution in [2.75, 3.05) is 12.4 Å². The van der Waals surface area contributed by atoms with Gasteiger partial charge in [0.25, 0.3) is 0 Å². The van der Waals surface area contributed by atoms with E-state index in [9.17, 15) is 9.90 Å². The van der Waals surface area contributed by atoms with Crippen LogP contribution < -0.4 is 10.1 Å². The average Bonchev–Trinajstić information content (AvgIpc) is 3.10. The number of para-hydroxylation sites is 1. The fourth-order valence-corrected chi connectivity index (χ4v) is 2.52. The van der Waals surface area contributed by atoms with E-state index in [0.29, 0.717) is 29.4 Å². The van der Waals surface area contributed by atoms with Gasteiger partial charge in [0.05, 0.1) is 24.0 Å². The van der Waals surface area contributed by atoms with Crippen molar-refractivity contribution >= 4 is 28.9 Å². The molecule has 0 fully saturated rings. The van der Waals surface area contributed by atoms with Gasteiger partial charge in [-0.15, -0.1) is 10.2 Å². The van der Waals surface area contributed by atoms with Gasteiger partial charge in [-0.25, -0.2) is 9.78 Å². The van der Waals surface area contributed by atoms with E-state index in [0.717, 1.165) is 0 Å². The summed E-state index contributed by atoms with van der Waals surface area (Å²) in [6.45, 7) is 2.65. The third kappa shape index (κ3) is 3.42. The number of carboxylic acids is 1. The highest BCUT2D eigenvalue weighted by atomic mass is 35.5. The van der Waals surface area contributed by atoms with Crippen LogP contribution in [0.1, 0.15) is 17.4 Å². The molecule has 2 aromatic heterocycles. The van der Waals surface area contributed by atoms with E-state index >= 15 is 0 Å². The van der Waals surface area contributed by atoms with Crippen molar-refractivity contribution in [1.29, 1.82) is 0 Å². The van der Waals surface area contributed by atoms with Crippen molar-refractivity contribution in [2.45, 2.75) is 13.5 Å². The molecule has 1 aromatic carbocycles. The molecule has 0 amide bonds. The number of carbonyl (C=O) groups is 1. The Balaban J connectivity index is 2.05. The number of rotatable bonds is 6. The lowest BCUT2D eigenvalue weighted by Gasteiger charge is -2.14. The second-order valence-electron chi connectivity index (χ2n) is 5.17. The van der Waals surface area contributed by atoms with Crippen LogP contribution in [0.4, 0.5) is 11.4 Å². The predicted octanol–water partition coefficient (Wildman–Crippen LogP) is 2.86. The maximum atomic E-state index is 11.4. The van der Waals surface area contributed by atoms with Crippen molar-refractivity contribution < 1.29 is 14.6 Å². The van der Waals surface area contributed by atoms with Gasteiger partial charge >= 0.3 is 5.97 Å². The normalized spacial score (nSPS) is 10.6. The fourth-order valence-electron chi connectivity index (χ4n) is 2.37. The molecule has 3 aromatic rings. The summed E-state index contributed by atoms with van der Waals surface area (Å²) in [5, 5.41) is 23.9. The molecular formula is C16H15ClN6O3. The molecule has 2 heterocycles. The first-order chi connectivity index (χ1) is 12.5. The Morgan fingerprint density at radius 3 is 2.81 bits per heavy atom. The Labute approximate surface area is 153 Å². The molecule has 0 saturated heterocycles. The van der Waals surface area contributed by atoms with Crippen LogP contribution in [0, 0.1) is 0 Å². The molecule has 0 bridgehead atoms. The minimum atomic E-state index is -1.23. The van der Waals surface area contributed by atoms with Crippen LogP contribution in [0.5, 0.6) is 5.75 Å². The molecule has 0 atom stereocenters. The molecule has 26 heavy (non-hydrogen) atoms. The van der Waals surface area contributed by atoms with Gasteiger partial charge in [-0.2, -0.15) is 5.10 Å². The lowest BCUT2D eigenvalue weighted by molar-refractivity contribution is 0.0690. The first-order valence-electron chi connectivity index (χ1n) is 7.63. The minimum Gasteiger partial charge on any atom is -0.494 e. The van der Waals surface area contributed by atoms with Crippen molar-refractivity contribution in [3.05, 3.63) is 41.4 Å². The van der Waals surface area contributed by atoms with Crippen molar-refractivity contribution in [3.63, 3.8) is 0 Å². The summed E-state index contributed by atoms with van der Waals surface area (Å²) in [5.74, 6) is -0.266. The van der Waals surface area contributed by atoms with E-state index in [4.69, 9.17) is 16.3 Å². The number of halogens is 1. The molecule has 3 rings (SSSR count). The first-order valence-corrected chi connectivity index (χ1v) is 8.01. The average molecular weight is 375 g/mol. The number of hydrogen-bond acceptors (Lipinski definition) is 7. The number of nitrogens with one attached hydrogen (secondary N) is 1. The highest BCUT2D eigenvalue weighted by Crippen LogP contribution is 2.37. The van der Waals surface area contributed by atoms with Gasteiger partial charge in [0, 0.05) is 12.6 Å². The zero-order valence-electron chi connectivity index (χ0n) is 14.0. The quantitative estimate of drug-likeness (QED) is 0.676.